The van der Waals surface area contributed by atoms with Gasteiger partial charge in [0.2, 0.25) is 0 Å². The molecule has 7 heteroatoms. The molecule has 0 aliphatic heterocycles. The largest absolute Gasteiger partial charge is 0.391 e. The minimum Gasteiger partial charge on any atom is -0.391 e. The molecule has 0 saturated heterocycles. The monoisotopic (exact) mass is 312 g/mol. The molecule has 1 aromatic heterocycles. The van der Waals surface area contributed by atoms with Gasteiger partial charge in [0.25, 0.3) is 5.91 Å². The molecule has 1 atom stereocenters. The van der Waals surface area contributed by atoms with Crippen LogP contribution in [0.5, 0.6) is 0 Å². The number of carbonyl (C=O) groups excluding carboxylic acids is 1. The van der Waals surface area contributed by atoms with Crippen LogP contribution in [0, 0.1) is 18.6 Å². The lowest BCUT2D eigenvalue weighted by molar-refractivity contribution is 0.0919. The van der Waals surface area contributed by atoms with Gasteiger partial charge in [0.05, 0.1) is 17.3 Å². The fraction of sp³-hybridized carbons (Fsp3) is 0.286. The molecule has 2 N–H and O–H groups in total. The third-order valence-corrected chi connectivity index (χ3v) is 3.85. The molecule has 2 rings (SSSR count). The predicted molar refractivity (Wildman–Crippen MR) is 75.3 cm³/mol. The Morgan fingerprint density at radius 1 is 1.48 bits per heavy atom. The van der Waals surface area contributed by atoms with Crippen molar-refractivity contribution in [3.05, 3.63) is 51.5 Å². The molecule has 4 nitrogen and oxygen atoms in total. The van der Waals surface area contributed by atoms with Crippen molar-refractivity contribution in [2.24, 2.45) is 0 Å². The first-order valence-electron chi connectivity index (χ1n) is 6.27. The maximum absolute atomic E-state index is 13.4. The van der Waals surface area contributed by atoms with Gasteiger partial charge in [-0.15, -0.1) is 11.3 Å². The highest BCUT2D eigenvalue weighted by Crippen LogP contribution is 2.13. The van der Waals surface area contributed by atoms with E-state index in [1.54, 1.807) is 12.4 Å². The average Bonchev–Trinajstić information content (AvgIpc) is 2.85. The van der Waals surface area contributed by atoms with Crippen molar-refractivity contribution in [3.8, 4) is 0 Å². The van der Waals surface area contributed by atoms with Gasteiger partial charge in [0.1, 0.15) is 16.5 Å². The number of nitrogens with one attached hydrogen (secondary N) is 1. The van der Waals surface area contributed by atoms with E-state index in [1.807, 2.05) is 0 Å². The van der Waals surface area contributed by atoms with Crippen molar-refractivity contribution in [2.75, 3.05) is 6.54 Å². The van der Waals surface area contributed by atoms with Gasteiger partial charge in [-0.05, 0) is 18.6 Å². The minimum atomic E-state index is -0.956. The second-order valence-corrected chi connectivity index (χ2v) is 5.43. The van der Waals surface area contributed by atoms with E-state index in [-0.39, 0.29) is 24.4 Å². The number of benzene rings is 1. The second-order valence-electron chi connectivity index (χ2n) is 4.57. The van der Waals surface area contributed by atoms with Crippen LogP contribution in [0.3, 0.4) is 0 Å². The SMILES string of the molecule is Cc1ncsc1C(=O)NC[C@H](O)Cc1ccc(F)cc1F. The molecule has 0 bridgehead atoms. The van der Waals surface area contributed by atoms with Crippen molar-refractivity contribution in [3.63, 3.8) is 0 Å². The molecule has 112 valence electrons. The maximum atomic E-state index is 13.4. The first kappa shape index (κ1) is 15.5. The summed E-state index contributed by atoms with van der Waals surface area (Å²) < 4.78 is 26.2. The average molecular weight is 312 g/mol. The summed E-state index contributed by atoms with van der Waals surface area (Å²) in [6.45, 7) is 1.70. The smallest absolute Gasteiger partial charge is 0.263 e. The highest BCUT2D eigenvalue weighted by Gasteiger charge is 2.15. The molecule has 2 aromatic rings. The predicted octanol–water partition coefficient (Wildman–Crippen LogP) is 2.06. The zero-order valence-electron chi connectivity index (χ0n) is 11.3. The molecule has 0 radical (unpaired) electrons. The number of hydrogen-bond donors (Lipinski definition) is 2. The summed E-state index contributed by atoms with van der Waals surface area (Å²) in [5, 5.41) is 12.4. The number of thiazole rings is 1. The van der Waals surface area contributed by atoms with Crippen LogP contribution in [0.25, 0.3) is 0 Å². The molecular weight excluding hydrogens is 298 g/mol. The summed E-state index contributed by atoms with van der Waals surface area (Å²) in [6, 6.07) is 3.18. The summed E-state index contributed by atoms with van der Waals surface area (Å²) in [4.78, 5) is 16.3. The Bertz CT molecular complexity index is 646. The molecular formula is C14H14F2N2O2S. The number of aliphatic hydroxyl groups excluding tert-OH is 1. The Labute approximate surface area is 124 Å². The van der Waals surface area contributed by atoms with Gasteiger partial charge < -0.3 is 10.4 Å². The van der Waals surface area contributed by atoms with E-state index < -0.39 is 17.7 Å². The van der Waals surface area contributed by atoms with E-state index in [0.29, 0.717) is 10.6 Å². The van der Waals surface area contributed by atoms with E-state index in [1.165, 1.54) is 17.4 Å². The summed E-state index contributed by atoms with van der Waals surface area (Å²) >= 11 is 1.21. The molecule has 21 heavy (non-hydrogen) atoms. The van der Waals surface area contributed by atoms with Crippen molar-refractivity contribution in [1.82, 2.24) is 10.3 Å². The number of nitrogens with zero attached hydrogens (tertiary/aromatic N) is 1. The number of hydrogen-bond acceptors (Lipinski definition) is 4. The van der Waals surface area contributed by atoms with E-state index in [9.17, 15) is 18.7 Å². The molecule has 0 unspecified atom stereocenters. The number of aliphatic hydroxyl groups is 1. The number of rotatable bonds is 5. The third-order valence-electron chi connectivity index (χ3n) is 2.92. The van der Waals surface area contributed by atoms with Gasteiger partial charge in [-0.25, -0.2) is 13.8 Å². The molecule has 0 aliphatic carbocycles. The summed E-state index contributed by atoms with van der Waals surface area (Å²) in [6.07, 6.45) is -0.962. The van der Waals surface area contributed by atoms with Crippen LogP contribution >= 0.6 is 11.3 Å². The van der Waals surface area contributed by atoms with Gasteiger partial charge in [0.15, 0.2) is 0 Å². The third kappa shape index (κ3) is 4.05. The second kappa shape index (κ2) is 6.73. The molecule has 1 heterocycles. The van der Waals surface area contributed by atoms with Crippen molar-refractivity contribution in [2.45, 2.75) is 19.4 Å². The molecule has 1 aromatic carbocycles. The van der Waals surface area contributed by atoms with Crippen LogP contribution in [-0.4, -0.2) is 28.6 Å². The van der Waals surface area contributed by atoms with Gasteiger partial charge in [0, 0.05) is 19.0 Å². The first-order valence-corrected chi connectivity index (χ1v) is 7.15. The topological polar surface area (TPSA) is 62.2 Å². The van der Waals surface area contributed by atoms with Crippen LogP contribution in [0.1, 0.15) is 20.9 Å². The quantitative estimate of drug-likeness (QED) is 0.888. The number of aryl methyl sites for hydroxylation is 1. The lowest BCUT2D eigenvalue weighted by atomic mass is 10.1. The fourth-order valence-corrected chi connectivity index (χ4v) is 2.54. The van der Waals surface area contributed by atoms with E-state index in [4.69, 9.17) is 0 Å². The first-order chi connectivity index (χ1) is 9.97. The maximum Gasteiger partial charge on any atom is 0.263 e. The molecule has 0 fully saturated rings. The van der Waals surface area contributed by atoms with E-state index in [2.05, 4.69) is 10.3 Å². The standard InChI is InChI=1S/C14H14F2N2O2S/c1-8-13(21-7-18-8)14(20)17-6-11(19)4-9-2-3-10(15)5-12(9)16/h2-3,5,7,11,19H,4,6H2,1H3,(H,17,20)/t11-/m1/s1. The number of halogens is 2. The van der Waals surface area contributed by atoms with E-state index in [0.717, 1.165) is 12.1 Å². The Hall–Kier alpha value is -1.86. The van der Waals surface area contributed by atoms with Crippen LogP contribution in [0.15, 0.2) is 23.7 Å². The summed E-state index contributed by atoms with van der Waals surface area (Å²) in [5.74, 6) is -1.70. The molecule has 0 saturated carbocycles. The number of carbonyl (C=O) groups is 1. The lowest BCUT2D eigenvalue weighted by Gasteiger charge is -2.12. The van der Waals surface area contributed by atoms with Crippen LogP contribution in [0.2, 0.25) is 0 Å². The lowest BCUT2D eigenvalue weighted by Crippen LogP contribution is -2.33. The number of amides is 1. The van der Waals surface area contributed by atoms with Gasteiger partial charge in [-0.3, -0.25) is 4.79 Å². The normalized spacial score (nSPS) is 12.2. The Morgan fingerprint density at radius 3 is 2.86 bits per heavy atom. The minimum absolute atomic E-state index is 0.00589. The van der Waals surface area contributed by atoms with Crippen LogP contribution in [0.4, 0.5) is 8.78 Å². The van der Waals surface area contributed by atoms with Crippen LogP contribution in [-0.2, 0) is 6.42 Å². The van der Waals surface area contributed by atoms with Crippen molar-refractivity contribution >= 4 is 17.2 Å². The molecule has 1 amide bonds. The highest BCUT2D eigenvalue weighted by atomic mass is 32.1. The van der Waals surface area contributed by atoms with Crippen LogP contribution < -0.4 is 5.32 Å². The zero-order chi connectivity index (χ0) is 15.4. The van der Waals surface area contributed by atoms with Gasteiger partial charge >= 0.3 is 0 Å². The van der Waals surface area contributed by atoms with Gasteiger partial charge in [-0.2, -0.15) is 0 Å². The Kier molecular flexibility index (Phi) is 4.98. The van der Waals surface area contributed by atoms with Crippen molar-refractivity contribution in [1.29, 1.82) is 0 Å². The molecule has 0 spiro atoms. The highest BCUT2D eigenvalue weighted by molar-refractivity contribution is 7.11. The Morgan fingerprint density at radius 2 is 2.24 bits per heavy atom. The zero-order valence-corrected chi connectivity index (χ0v) is 12.1. The summed E-state index contributed by atoms with van der Waals surface area (Å²) in [5.41, 5.74) is 2.39. The number of aromatic nitrogens is 1. The Balaban J connectivity index is 1.89. The summed E-state index contributed by atoms with van der Waals surface area (Å²) in [7, 11) is 0. The van der Waals surface area contributed by atoms with Crippen molar-refractivity contribution < 1.29 is 18.7 Å². The van der Waals surface area contributed by atoms with Gasteiger partial charge in [-0.1, -0.05) is 6.07 Å². The van der Waals surface area contributed by atoms with E-state index >= 15 is 0 Å². The molecule has 0 aliphatic rings. The fourth-order valence-electron chi connectivity index (χ4n) is 1.82.